The molecule has 0 bridgehead atoms. The van der Waals surface area contributed by atoms with Crippen molar-refractivity contribution in [3.8, 4) is 5.88 Å². The van der Waals surface area contributed by atoms with E-state index in [1.165, 1.54) is 0 Å². The Labute approximate surface area is 116 Å². The minimum absolute atomic E-state index is 0.507. The van der Waals surface area contributed by atoms with Crippen molar-refractivity contribution < 1.29 is 9.15 Å². The van der Waals surface area contributed by atoms with Gasteiger partial charge in [-0.25, -0.2) is 0 Å². The zero-order valence-electron chi connectivity index (χ0n) is 11.3. The van der Waals surface area contributed by atoms with Crippen molar-refractivity contribution in [3.63, 3.8) is 0 Å². The molecule has 0 aliphatic rings. The van der Waals surface area contributed by atoms with Gasteiger partial charge in [0.1, 0.15) is 11.3 Å². The summed E-state index contributed by atoms with van der Waals surface area (Å²) in [7, 11) is 1.57. The molecule has 4 nitrogen and oxygen atoms in total. The highest BCUT2D eigenvalue weighted by molar-refractivity contribution is 5.91. The molecule has 1 aromatic carbocycles. The number of hydrogen-bond acceptors (Lipinski definition) is 4. The number of para-hydroxylation sites is 1. The third-order valence-electron chi connectivity index (χ3n) is 3.11. The van der Waals surface area contributed by atoms with E-state index in [4.69, 9.17) is 9.15 Å². The maximum absolute atomic E-state index is 5.72. The minimum atomic E-state index is 0.507. The van der Waals surface area contributed by atoms with Gasteiger partial charge >= 0.3 is 0 Å². The third-order valence-corrected chi connectivity index (χ3v) is 3.11. The van der Waals surface area contributed by atoms with Crippen LogP contribution in [-0.2, 0) is 0 Å². The third kappa shape index (κ3) is 2.28. The molecule has 0 spiro atoms. The standard InChI is InChI=1S/C16H14N2O2/c1-11-13(14-5-3-4-6-15(14)20-11)9-7-12-8-10-16(19-2)18-17-12/h3-10H,1-2H3/b9-7+. The highest BCUT2D eigenvalue weighted by Crippen LogP contribution is 2.26. The van der Waals surface area contributed by atoms with E-state index in [9.17, 15) is 0 Å². The molecule has 0 atom stereocenters. The van der Waals surface area contributed by atoms with E-state index in [0.29, 0.717) is 5.88 Å². The van der Waals surface area contributed by atoms with Crippen LogP contribution in [-0.4, -0.2) is 17.3 Å². The molecule has 0 fully saturated rings. The maximum atomic E-state index is 5.72. The number of nitrogens with zero attached hydrogens (tertiary/aromatic N) is 2. The molecule has 100 valence electrons. The summed E-state index contributed by atoms with van der Waals surface area (Å²) in [6.45, 7) is 1.96. The first-order chi connectivity index (χ1) is 9.78. The number of hydrogen-bond donors (Lipinski definition) is 0. The number of aryl methyl sites for hydroxylation is 1. The Morgan fingerprint density at radius 3 is 2.65 bits per heavy atom. The van der Waals surface area contributed by atoms with Crippen LogP contribution < -0.4 is 4.74 Å². The Kier molecular flexibility index (Phi) is 3.21. The Morgan fingerprint density at radius 1 is 1.05 bits per heavy atom. The molecule has 2 aromatic heterocycles. The van der Waals surface area contributed by atoms with E-state index in [2.05, 4.69) is 10.2 Å². The minimum Gasteiger partial charge on any atom is -0.480 e. The smallest absolute Gasteiger partial charge is 0.233 e. The van der Waals surface area contributed by atoms with Crippen LogP contribution in [0.5, 0.6) is 5.88 Å². The van der Waals surface area contributed by atoms with Gasteiger partial charge < -0.3 is 9.15 Å². The number of ether oxygens (including phenoxy) is 1. The van der Waals surface area contributed by atoms with E-state index < -0.39 is 0 Å². The average Bonchev–Trinajstić information content (AvgIpc) is 2.81. The van der Waals surface area contributed by atoms with Crippen molar-refractivity contribution in [2.75, 3.05) is 7.11 Å². The van der Waals surface area contributed by atoms with E-state index in [1.807, 2.05) is 49.4 Å². The normalized spacial score (nSPS) is 11.3. The van der Waals surface area contributed by atoms with Gasteiger partial charge in [-0.1, -0.05) is 18.2 Å². The van der Waals surface area contributed by atoms with Gasteiger partial charge in [-0.2, -0.15) is 0 Å². The summed E-state index contributed by atoms with van der Waals surface area (Å²) in [4.78, 5) is 0. The fraction of sp³-hybridized carbons (Fsp3) is 0.125. The molecular formula is C16H14N2O2. The van der Waals surface area contributed by atoms with Gasteiger partial charge in [0.15, 0.2) is 0 Å². The zero-order valence-corrected chi connectivity index (χ0v) is 11.3. The second-order valence-electron chi connectivity index (χ2n) is 4.40. The van der Waals surface area contributed by atoms with E-state index >= 15 is 0 Å². The number of methoxy groups -OCH3 is 1. The number of aromatic nitrogens is 2. The Balaban J connectivity index is 1.95. The van der Waals surface area contributed by atoms with Crippen LogP contribution >= 0.6 is 0 Å². The molecule has 2 heterocycles. The van der Waals surface area contributed by atoms with Crippen molar-refractivity contribution in [2.24, 2.45) is 0 Å². The van der Waals surface area contributed by atoms with Gasteiger partial charge in [0.2, 0.25) is 5.88 Å². The summed E-state index contributed by atoms with van der Waals surface area (Å²) in [5.74, 6) is 1.40. The Hall–Kier alpha value is -2.62. The highest BCUT2D eigenvalue weighted by atomic mass is 16.5. The van der Waals surface area contributed by atoms with Crippen LogP contribution in [0.4, 0.5) is 0 Å². The molecule has 20 heavy (non-hydrogen) atoms. The topological polar surface area (TPSA) is 48.2 Å². The Bertz CT molecular complexity index is 758. The molecule has 0 unspecified atom stereocenters. The second kappa shape index (κ2) is 5.17. The summed E-state index contributed by atoms with van der Waals surface area (Å²) >= 11 is 0. The second-order valence-corrected chi connectivity index (χ2v) is 4.40. The van der Waals surface area contributed by atoms with Gasteiger partial charge in [-0.3, -0.25) is 0 Å². The molecule has 3 aromatic rings. The van der Waals surface area contributed by atoms with Gasteiger partial charge in [0.05, 0.1) is 12.8 Å². The molecule has 4 heteroatoms. The van der Waals surface area contributed by atoms with Gasteiger partial charge in [-0.05, 0) is 31.2 Å². The number of fused-ring (bicyclic) bond motifs is 1. The van der Waals surface area contributed by atoms with E-state index in [0.717, 1.165) is 28.0 Å². The number of rotatable bonds is 3. The molecule has 3 rings (SSSR count). The van der Waals surface area contributed by atoms with E-state index in [-0.39, 0.29) is 0 Å². The van der Waals surface area contributed by atoms with Crippen molar-refractivity contribution >= 4 is 23.1 Å². The fourth-order valence-electron chi connectivity index (χ4n) is 2.09. The van der Waals surface area contributed by atoms with Gasteiger partial charge in [0.25, 0.3) is 0 Å². The van der Waals surface area contributed by atoms with Crippen molar-refractivity contribution in [1.82, 2.24) is 10.2 Å². The van der Waals surface area contributed by atoms with Crippen LogP contribution in [0.2, 0.25) is 0 Å². The largest absolute Gasteiger partial charge is 0.480 e. The van der Waals surface area contributed by atoms with Crippen molar-refractivity contribution in [1.29, 1.82) is 0 Å². The molecule has 0 N–H and O–H groups in total. The molecule has 0 radical (unpaired) electrons. The first-order valence-corrected chi connectivity index (χ1v) is 6.32. The summed E-state index contributed by atoms with van der Waals surface area (Å²) < 4.78 is 10.7. The van der Waals surface area contributed by atoms with Gasteiger partial charge in [0, 0.05) is 17.0 Å². The maximum Gasteiger partial charge on any atom is 0.233 e. The van der Waals surface area contributed by atoms with Gasteiger partial charge in [-0.15, -0.1) is 10.2 Å². The SMILES string of the molecule is COc1ccc(/C=C/c2c(C)oc3ccccc23)nn1. The van der Waals surface area contributed by atoms with Crippen LogP contribution in [0, 0.1) is 6.92 Å². The van der Waals surface area contributed by atoms with Crippen LogP contribution in [0.25, 0.3) is 23.1 Å². The lowest BCUT2D eigenvalue weighted by Crippen LogP contribution is -1.91. The number of benzene rings is 1. The van der Waals surface area contributed by atoms with E-state index in [1.54, 1.807) is 13.2 Å². The quantitative estimate of drug-likeness (QED) is 0.725. The summed E-state index contributed by atoms with van der Waals surface area (Å²) in [6, 6.07) is 11.6. The summed E-state index contributed by atoms with van der Waals surface area (Å²) in [5, 5.41) is 9.10. The molecule has 0 amide bonds. The molecule has 0 saturated heterocycles. The monoisotopic (exact) mass is 266 g/mol. The van der Waals surface area contributed by atoms with Crippen molar-refractivity contribution in [2.45, 2.75) is 6.92 Å². The Morgan fingerprint density at radius 2 is 1.90 bits per heavy atom. The molecule has 0 saturated carbocycles. The first-order valence-electron chi connectivity index (χ1n) is 6.32. The summed E-state index contributed by atoms with van der Waals surface area (Å²) in [6.07, 6.45) is 3.91. The first kappa shape index (κ1) is 12.4. The predicted octanol–water partition coefficient (Wildman–Crippen LogP) is 3.71. The van der Waals surface area contributed by atoms with Crippen molar-refractivity contribution in [3.05, 3.63) is 53.4 Å². The lowest BCUT2D eigenvalue weighted by molar-refractivity contribution is 0.392. The average molecular weight is 266 g/mol. The lowest BCUT2D eigenvalue weighted by Gasteiger charge is -1.96. The zero-order chi connectivity index (χ0) is 13.9. The number of furan rings is 1. The highest BCUT2D eigenvalue weighted by Gasteiger charge is 2.07. The van der Waals surface area contributed by atoms with Crippen LogP contribution in [0.15, 0.2) is 40.8 Å². The molecular weight excluding hydrogens is 252 g/mol. The summed E-state index contributed by atoms with van der Waals surface area (Å²) in [5.41, 5.74) is 2.74. The molecule has 0 aliphatic heterocycles. The molecule has 0 aliphatic carbocycles. The predicted molar refractivity (Wildman–Crippen MR) is 78.5 cm³/mol. The van der Waals surface area contributed by atoms with Crippen LogP contribution in [0.1, 0.15) is 17.0 Å². The fourth-order valence-corrected chi connectivity index (χ4v) is 2.09. The lowest BCUT2D eigenvalue weighted by atomic mass is 10.1. The van der Waals surface area contributed by atoms with Crippen LogP contribution in [0.3, 0.4) is 0 Å².